The van der Waals surface area contributed by atoms with Crippen molar-refractivity contribution >= 4 is 6.29 Å². The number of aromatic nitrogens is 2. The van der Waals surface area contributed by atoms with E-state index in [1.807, 2.05) is 0 Å². The normalized spacial score (nSPS) is 9.70. The Hall–Kier alpha value is -1.12. The van der Waals surface area contributed by atoms with E-state index in [1.54, 1.807) is 6.20 Å². The van der Waals surface area contributed by atoms with Crippen LogP contribution in [-0.2, 0) is 6.42 Å². The summed E-state index contributed by atoms with van der Waals surface area (Å²) in [5, 5.41) is 0. The van der Waals surface area contributed by atoms with Crippen molar-refractivity contribution in [2.75, 3.05) is 0 Å². The van der Waals surface area contributed by atoms with Crippen molar-refractivity contribution in [2.24, 2.45) is 0 Å². The fourth-order valence-electron chi connectivity index (χ4n) is 0.802. The number of aryl methyl sites for hydroxylation is 1. The molecule has 1 N–H and O–H groups in total. The molecule has 1 rings (SSSR count). The van der Waals surface area contributed by atoms with Gasteiger partial charge in [-0.05, 0) is 6.42 Å². The van der Waals surface area contributed by atoms with Gasteiger partial charge in [0.05, 0.1) is 11.9 Å². The first-order valence-corrected chi connectivity index (χ1v) is 3.36. The Morgan fingerprint density at radius 3 is 3.10 bits per heavy atom. The van der Waals surface area contributed by atoms with Gasteiger partial charge in [-0.25, -0.2) is 4.98 Å². The molecule has 0 atom stereocenters. The second-order valence-electron chi connectivity index (χ2n) is 2.15. The molecule has 54 valence electrons. The molecule has 0 unspecified atom stereocenters. The maximum absolute atomic E-state index is 10.2. The number of nitrogens with zero attached hydrogens (tertiary/aromatic N) is 1. The molecule has 0 aliphatic carbocycles. The molecule has 0 bridgehead atoms. The molecule has 10 heavy (non-hydrogen) atoms. The molecule has 1 heterocycles. The second-order valence-corrected chi connectivity index (χ2v) is 2.15. The molecule has 3 heteroatoms. The van der Waals surface area contributed by atoms with Crippen LogP contribution in [0.15, 0.2) is 6.20 Å². The molecule has 0 aliphatic rings. The summed E-state index contributed by atoms with van der Waals surface area (Å²) in [4.78, 5) is 17.0. The van der Waals surface area contributed by atoms with Crippen LogP contribution >= 0.6 is 0 Å². The number of rotatable bonds is 3. The van der Waals surface area contributed by atoms with E-state index in [4.69, 9.17) is 0 Å². The van der Waals surface area contributed by atoms with E-state index in [0.29, 0.717) is 5.69 Å². The van der Waals surface area contributed by atoms with Crippen LogP contribution in [0.3, 0.4) is 0 Å². The lowest BCUT2D eigenvalue weighted by molar-refractivity contribution is 0.111. The predicted octanol–water partition coefficient (Wildman–Crippen LogP) is 1.17. The number of carbonyl (C=O) groups excluding carboxylic acids is 1. The predicted molar refractivity (Wildman–Crippen MR) is 38.0 cm³/mol. The third kappa shape index (κ3) is 1.43. The number of aldehydes is 1. The van der Waals surface area contributed by atoms with Gasteiger partial charge >= 0.3 is 0 Å². The van der Waals surface area contributed by atoms with Crippen molar-refractivity contribution < 1.29 is 4.79 Å². The Morgan fingerprint density at radius 2 is 2.60 bits per heavy atom. The highest BCUT2D eigenvalue weighted by Gasteiger charge is 1.95. The summed E-state index contributed by atoms with van der Waals surface area (Å²) in [6, 6.07) is 0. The van der Waals surface area contributed by atoms with Crippen molar-refractivity contribution in [1.29, 1.82) is 0 Å². The topological polar surface area (TPSA) is 45.8 Å². The number of hydrogen-bond donors (Lipinski definition) is 1. The minimum absolute atomic E-state index is 0.559. The van der Waals surface area contributed by atoms with Crippen molar-refractivity contribution in [3.05, 3.63) is 17.7 Å². The molecule has 0 aromatic carbocycles. The minimum atomic E-state index is 0.559. The van der Waals surface area contributed by atoms with E-state index in [0.717, 1.165) is 25.0 Å². The summed E-state index contributed by atoms with van der Waals surface area (Å²) < 4.78 is 0. The zero-order valence-electron chi connectivity index (χ0n) is 5.92. The van der Waals surface area contributed by atoms with Crippen LogP contribution in [0, 0.1) is 0 Å². The van der Waals surface area contributed by atoms with Crippen molar-refractivity contribution in [2.45, 2.75) is 19.8 Å². The van der Waals surface area contributed by atoms with Gasteiger partial charge in [-0.15, -0.1) is 0 Å². The molecule has 0 saturated heterocycles. The zero-order chi connectivity index (χ0) is 7.40. The van der Waals surface area contributed by atoms with Crippen LogP contribution in [0.2, 0.25) is 0 Å². The van der Waals surface area contributed by atoms with Gasteiger partial charge in [0.2, 0.25) is 0 Å². The van der Waals surface area contributed by atoms with Gasteiger partial charge in [0.1, 0.15) is 5.82 Å². The maximum atomic E-state index is 10.2. The van der Waals surface area contributed by atoms with Crippen LogP contribution in [0.4, 0.5) is 0 Å². The molecule has 1 aromatic heterocycles. The van der Waals surface area contributed by atoms with Crippen LogP contribution in [0.1, 0.15) is 29.7 Å². The number of imidazole rings is 1. The van der Waals surface area contributed by atoms with Crippen LogP contribution in [0.25, 0.3) is 0 Å². The Morgan fingerprint density at radius 1 is 1.80 bits per heavy atom. The molecular formula is C7H10N2O. The fourth-order valence-corrected chi connectivity index (χ4v) is 0.802. The number of nitrogens with one attached hydrogen (secondary N) is 1. The Bertz CT molecular complexity index is 217. The standard InChI is InChI=1S/C7H10N2O/c1-2-3-7-8-4-6(5-10)9-7/h4-5H,2-3H2,1H3,(H,8,9). The first-order chi connectivity index (χ1) is 4.86. The molecule has 0 aliphatic heterocycles. The lowest BCUT2D eigenvalue weighted by atomic mass is 10.3. The fraction of sp³-hybridized carbons (Fsp3) is 0.429. The van der Waals surface area contributed by atoms with Crippen LogP contribution in [-0.4, -0.2) is 16.3 Å². The summed E-state index contributed by atoms with van der Waals surface area (Å²) in [6.45, 7) is 2.07. The SMILES string of the molecule is CCCc1ncc(C=O)[nH]1. The molecule has 1 aromatic rings. The summed E-state index contributed by atoms with van der Waals surface area (Å²) in [7, 11) is 0. The van der Waals surface area contributed by atoms with Crippen molar-refractivity contribution in [3.8, 4) is 0 Å². The van der Waals surface area contributed by atoms with E-state index < -0.39 is 0 Å². The van der Waals surface area contributed by atoms with E-state index in [1.165, 1.54) is 0 Å². The summed E-state index contributed by atoms with van der Waals surface area (Å²) in [5.74, 6) is 0.893. The Kier molecular flexibility index (Phi) is 2.20. The van der Waals surface area contributed by atoms with Gasteiger partial charge in [0, 0.05) is 6.42 Å². The third-order valence-electron chi connectivity index (χ3n) is 1.26. The highest BCUT2D eigenvalue weighted by molar-refractivity contribution is 5.71. The van der Waals surface area contributed by atoms with Gasteiger partial charge in [0.25, 0.3) is 0 Å². The number of carbonyl (C=O) groups is 1. The smallest absolute Gasteiger partial charge is 0.167 e. The van der Waals surface area contributed by atoms with E-state index in [-0.39, 0.29) is 0 Å². The lowest BCUT2D eigenvalue weighted by Gasteiger charge is -1.87. The first kappa shape index (κ1) is 6.99. The second kappa shape index (κ2) is 3.15. The van der Waals surface area contributed by atoms with Gasteiger partial charge in [-0.3, -0.25) is 4.79 Å². The zero-order valence-corrected chi connectivity index (χ0v) is 5.92. The molecule has 0 fully saturated rings. The quantitative estimate of drug-likeness (QED) is 0.637. The van der Waals surface area contributed by atoms with Gasteiger partial charge in [-0.2, -0.15) is 0 Å². The number of hydrogen-bond acceptors (Lipinski definition) is 2. The first-order valence-electron chi connectivity index (χ1n) is 3.36. The number of aromatic amines is 1. The highest BCUT2D eigenvalue weighted by Crippen LogP contribution is 1.96. The number of H-pyrrole nitrogens is 1. The monoisotopic (exact) mass is 138 g/mol. The van der Waals surface area contributed by atoms with Gasteiger partial charge < -0.3 is 4.98 Å². The highest BCUT2D eigenvalue weighted by atomic mass is 16.1. The third-order valence-corrected chi connectivity index (χ3v) is 1.26. The van der Waals surface area contributed by atoms with Gasteiger partial charge in [-0.1, -0.05) is 6.92 Å². The average Bonchev–Trinajstić information content (AvgIpc) is 2.37. The molecule has 3 nitrogen and oxygen atoms in total. The van der Waals surface area contributed by atoms with Crippen LogP contribution < -0.4 is 0 Å². The van der Waals surface area contributed by atoms with E-state index in [9.17, 15) is 4.79 Å². The van der Waals surface area contributed by atoms with Crippen LogP contribution in [0.5, 0.6) is 0 Å². The molecular weight excluding hydrogens is 128 g/mol. The van der Waals surface area contributed by atoms with Crippen molar-refractivity contribution in [3.63, 3.8) is 0 Å². The van der Waals surface area contributed by atoms with Gasteiger partial charge in [0.15, 0.2) is 6.29 Å². The summed E-state index contributed by atoms with van der Waals surface area (Å²) in [5.41, 5.74) is 0.559. The average molecular weight is 138 g/mol. The van der Waals surface area contributed by atoms with E-state index >= 15 is 0 Å². The molecule has 0 saturated carbocycles. The summed E-state index contributed by atoms with van der Waals surface area (Å²) >= 11 is 0. The van der Waals surface area contributed by atoms with E-state index in [2.05, 4.69) is 16.9 Å². The lowest BCUT2D eigenvalue weighted by Crippen LogP contribution is -1.85. The maximum Gasteiger partial charge on any atom is 0.167 e. The minimum Gasteiger partial charge on any atom is -0.340 e. The molecule has 0 radical (unpaired) electrons. The van der Waals surface area contributed by atoms with Crippen molar-refractivity contribution in [1.82, 2.24) is 9.97 Å². The Labute approximate surface area is 59.5 Å². The Balaban J connectivity index is 2.68. The molecule has 0 spiro atoms. The largest absolute Gasteiger partial charge is 0.340 e. The molecule has 0 amide bonds. The summed E-state index contributed by atoms with van der Waals surface area (Å²) in [6.07, 6.45) is 4.28.